The van der Waals surface area contributed by atoms with Crippen LogP contribution in [0.5, 0.6) is 0 Å². The van der Waals surface area contributed by atoms with Gasteiger partial charge in [-0.3, -0.25) is 9.69 Å². The Morgan fingerprint density at radius 2 is 2.15 bits per heavy atom. The van der Waals surface area contributed by atoms with Gasteiger partial charge in [0, 0.05) is 39.3 Å². The minimum atomic E-state index is -0.0126. The van der Waals surface area contributed by atoms with Crippen LogP contribution in [0.1, 0.15) is 12.8 Å². The number of morpholine rings is 1. The van der Waals surface area contributed by atoms with Crippen molar-refractivity contribution in [3.63, 3.8) is 0 Å². The van der Waals surface area contributed by atoms with Crippen LogP contribution >= 0.6 is 0 Å². The number of anilines is 1. The normalized spacial score (nSPS) is 21.8. The molecule has 2 aromatic heterocycles. The number of amides is 1. The van der Waals surface area contributed by atoms with Crippen molar-refractivity contribution in [1.29, 1.82) is 0 Å². The first-order chi connectivity index (χ1) is 12.8. The van der Waals surface area contributed by atoms with Crippen molar-refractivity contribution in [2.24, 2.45) is 5.92 Å². The van der Waals surface area contributed by atoms with Gasteiger partial charge >= 0.3 is 0 Å². The molecule has 140 valence electrons. The lowest BCUT2D eigenvalue weighted by Gasteiger charge is -2.33. The molecule has 2 aliphatic heterocycles. The third-order valence-electron chi connectivity index (χ3n) is 5.13. The van der Waals surface area contributed by atoms with E-state index in [1.165, 1.54) is 6.33 Å². The van der Waals surface area contributed by atoms with Crippen molar-refractivity contribution in [2.45, 2.75) is 12.8 Å². The molecule has 0 bridgehead atoms. The zero-order chi connectivity index (χ0) is 17.8. The quantitative estimate of drug-likeness (QED) is 0.776. The molecule has 26 heavy (non-hydrogen) atoms. The molecule has 1 amide bonds. The van der Waals surface area contributed by atoms with Crippen LogP contribution in [0.4, 0.5) is 5.82 Å². The van der Waals surface area contributed by atoms with Gasteiger partial charge in [-0.05, 0) is 12.8 Å². The Morgan fingerprint density at radius 3 is 3.04 bits per heavy atom. The summed E-state index contributed by atoms with van der Waals surface area (Å²) >= 11 is 0. The molecule has 0 spiro atoms. The number of aromatic amines is 1. The number of fused-ring (bicyclic) bond motifs is 1. The van der Waals surface area contributed by atoms with Gasteiger partial charge < -0.3 is 19.9 Å². The molecule has 1 atom stereocenters. The van der Waals surface area contributed by atoms with E-state index < -0.39 is 0 Å². The van der Waals surface area contributed by atoms with Crippen molar-refractivity contribution in [1.82, 2.24) is 30.2 Å². The van der Waals surface area contributed by atoms with Crippen molar-refractivity contribution in [3.05, 3.63) is 12.7 Å². The predicted octanol–water partition coefficient (Wildman–Crippen LogP) is 0.0177. The first kappa shape index (κ1) is 17.2. The minimum Gasteiger partial charge on any atom is -0.379 e. The summed E-state index contributed by atoms with van der Waals surface area (Å²) in [6.45, 7) is 6.60. The van der Waals surface area contributed by atoms with Crippen LogP contribution in [-0.2, 0) is 9.53 Å². The third kappa shape index (κ3) is 3.78. The molecule has 2 fully saturated rings. The summed E-state index contributed by atoms with van der Waals surface area (Å²) < 4.78 is 5.35. The van der Waals surface area contributed by atoms with Gasteiger partial charge in [-0.15, -0.1) is 0 Å². The number of aromatic nitrogens is 4. The summed E-state index contributed by atoms with van der Waals surface area (Å²) in [5, 5.41) is 3.10. The fraction of sp³-hybridized carbons (Fsp3) is 0.647. The highest BCUT2D eigenvalue weighted by Crippen LogP contribution is 2.25. The van der Waals surface area contributed by atoms with Crippen molar-refractivity contribution in [2.75, 3.05) is 57.4 Å². The van der Waals surface area contributed by atoms with E-state index in [4.69, 9.17) is 4.74 Å². The number of ether oxygens (including phenoxy) is 1. The summed E-state index contributed by atoms with van der Waals surface area (Å²) in [5.41, 5.74) is 1.49. The van der Waals surface area contributed by atoms with Crippen LogP contribution < -0.4 is 10.2 Å². The molecule has 0 saturated carbocycles. The Labute approximate surface area is 152 Å². The molecule has 0 aliphatic carbocycles. The number of carbonyl (C=O) groups excluding carboxylic acids is 1. The number of hydrogen-bond donors (Lipinski definition) is 2. The maximum Gasteiger partial charge on any atom is 0.224 e. The highest BCUT2D eigenvalue weighted by Gasteiger charge is 2.27. The van der Waals surface area contributed by atoms with Crippen molar-refractivity contribution in [3.8, 4) is 0 Å². The van der Waals surface area contributed by atoms with Gasteiger partial charge in [0.2, 0.25) is 5.91 Å². The zero-order valence-electron chi connectivity index (χ0n) is 14.9. The summed E-state index contributed by atoms with van der Waals surface area (Å²) in [7, 11) is 0. The van der Waals surface area contributed by atoms with E-state index in [1.54, 1.807) is 6.33 Å². The number of carbonyl (C=O) groups is 1. The maximum absolute atomic E-state index is 12.6. The summed E-state index contributed by atoms with van der Waals surface area (Å²) in [6.07, 6.45) is 5.05. The van der Waals surface area contributed by atoms with Crippen LogP contribution in [0.25, 0.3) is 11.2 Å². The maximum atomic E-state index is 12.6. The molecule has 4 heterocycles. The molecule has 0 unspecified atom stereocenters. The van der Waals surface area contributed by atoms with E-state index in [-0.39, 0.29) is 11.8 Å². The lowest BCUT2D eigenvalue weighted by atomic mass is 9.97. The summed E-state index contributed by atoms with van der Waals surface area (Å²) in [6, 6.07) is 0. The van der Waals surface area contributed by atoms with Gasteiger partial charge in [-0.2, -0.15) is 0 Å². The third-order valence-corrected chi connectivity index (χ3v) is 5.13. The predicted molar refractivity (Wildman–Crippen MR) is 96.9 cm³/mol. The second-order valence-electron chi connectivity index (χ2n) is 6.83. The average molecular weight is 359 g/mol. The van der Waals surface area contributed by atoms with E-state index in [1.807, 2.05) is 0 Å². The van der Waals surface area contributed by atoms with Gasteiger partial charge in [0.15, 0.2) is 11.5 Å². The van der Waals surface area contributed by atoms with Crippen LogP contribution in [0, 0.1) is 5.92 Å². The molecule has 0 aromatic carbocycles. The van der Waals surface area contributed by atoms with E-state index >= 15 is 0 Å². The van der Waals surface area contributed by atoms with Gasteiger partial charge in [0.05, 0.1) is 25.5 Å². The Hall–Kier alpha value is -2.26. The molecule has 9 heteroatoms. The highest BCUT2D eigenvalue weighted by atomic mass is 16.5. The lowest BCUT2D eigenvalue weighted by molar-refractivity contribution is -0.125. The smallest absolute Gasteiger partial charge is 0.224 e. The number of nitrogens with one attached hydrogen (secondary N) is 2. The molecular weight excluding hydrogens is 334 g/mol. The van der Waals surface area contributed by atoms with Crippen LogP contribution in [0.2, 0.25) is 0 Å². The summed E-state index contributed by atoms with van der Waals surface area (Å²) in [5.74, 6) is 0.956. The monoisotopic (exact) mass is 359 g/mol. The van der Waals surface area contributed by atoms with Crippen molar-refractivity contribution >= 4 is 22.9 Å². The second kappa shape index (κ2) is 7.96. The standard InChI is InChI=1S/C17H25N7O2/c25-17(18-3-5-23-6-8-26-9-7-23)13-2-1-4-24(10-13)16-14-15(20-11-19-14)21-12-22-16/h11-13H,1-10H2,(H,18,25)(H,19,20,21,22)/t13-/m0/s1. The fourth-order valence-electron chi connectivity index (χ4n) is 3.68. The molecule has 0 radical (unpaired) electrons. The molecule has 9 nitrogen and oxygen atoms in total. The Balaban J connectivity index is 1.33. The number of piperidine rings is 1. The number of H-pyrrole nitrogens is 1. The van der Waals surface area contributed by atoms with Crippen LogP contribution in [0.3, 0.4) is 0 Å². The number of hydrogen-bond acceptors (Lipinski definition) is 7. The number of nitrogens with zero attached hydrogens (tertiary/aromatic N) is 5. The highest BCUT2D eigenvalue weighted by molar-refractivity contribution is 5.84. The number of rotatable bonds is 5. The van der Waals surface area contributed by atoms with E-state index in [0.717, 1.165) is 63.6 Å². The topological polar surface area (TPSA) is 99.3 Å². The Kier molecular flexibility index (Phi) is 5.26. The Morgan fingerprint density at radius 1 is 1.27 bits per heavy atom. The molecule has 2 N–H and O–H groups in total. The number of imidazole rings is 1. The molecule has 2 saturated heterocycles. The van der Waals surface area contributed by atoms with Crippen LogP contribution in [0.15, 0.2) is 12.7 Å². The van der Waals surface area contributed by atoms with E-state index in [0.29, 0.717) is 18.7 Å². The largest absolute Gasteiger partial charge is 0.379 e. The molecule has 2 aliphatic rings. The van der Waals surface area contributed by atoms with Gasteiger partial charge in [-0.1, -0.05) is 0 Å². The minimum absolute atomic E-state index is 0.0126. The lowest BCUT2D eigenvalue weighted by Crippen LogP contribution is -2.46. The molecule has 2 aromatic rings. The van der Waals surface area contributed by atoms with Crippen LogP contribution in [-0.4, -0.2) is 83.2 Å². The summed E-state index contributed by atoms with van der Waals surface area (Å²) in [4.78, 5) is 33.0. The van der Waals surface area contributed by atoms with Crippen molar-refractivity contribution < 1.29 is 9.53 Å². The zero-order valence-corrected chi connectivity index (χ0v) is 14.9. The molecular formula is C17H25N7O2. The Bertz CT molecular complexity index is 744. The first-order valence-corrected chi connectivity index (χ1v) is 9.28. The van der Waals surface area contributed by atoms with Gasteiger partial charge in [0.1, 0.15) is 11.8 Å². The fourth-order valence-corrected chi connectivity index (χ4v) is 3.68. The second-order valence-corrected chi connectivity index (χ2v) is 6.83. The van der Waals surface area contributed by atoms with E-state index in [2.05, 4.69) is 35.1 Å². The van der Waals surface area contributed by atoms with Gasteiger partial charge in [-0.25, -0.2) is 15.0 Å². The van der Waals surface area contributed by atoms with Gasteiger partial charge in [0.25, 0.3) is 0 Å². The molecule has 4 rings (SSSR count). The van der Waals surface area contributed by atoms with E-state index in [9.17, 15) is 4.79 Å². The average Bonchev–Trinajstić information content (AvgIpc) is 3.18. The SMILES string of the molecule is O=C(NCCN1CCOCC1)[C@H]1CCCN(c2ncnc3nc[nH]c23)C1. The first-order valence-electron chi connectivity index (χ1n) is 9.28.